The molecular weight excluding hydrogens is 302 g/mol. The van der Waals surface area contributed by atoms with Gasteiger partial charge in [0.15, 0.2) is 5.37 Å². The van der Waals surface area contributed by atoms with Crippen LogP contribution in [-0.2, 0) is 19.6 Å². The van der Waals surface area contributed by atoms with Crippen LogP contribution in [0.4, 0.5) is 0 Å². The number of hydrogen-bond donors (Lipinski definition) is 0. The Morgan fingerprint density at radius 3 is 2.50 bits per heavy atom. The van der Waals surface area contributed by atoms with Gasteiger partial charge in [-0.3, -0.25) is 0 Å². The molecule has 0 aliphatic carbocycles. The lowest BCUT2D eigenvalue weighted by atomic mass is 10.3. The minimum Gasteiger partial charge on any atom is -0.497 e. The lowest BCUT2D eigenvalue weighted by Crippen LogP contribution is -2.39. The van der Waals surface area contributed by atoms with Crippen LogP contribution in [0, 0.1) is 0 Å². The zero-order valence-electron chi connectivity index (χ0n) is 11.1. The fourth-order valence-corrected chi connectivity index (χ4v) is 4.96. The van der Waals surface area contributed by atoms with E-state index in [4.69, 9.17) is 4.74 Å². The second kappa shape index (κ2) is 6.02. The number of esters is 1. The number of hydrogen-bond acceptors (Lipinski definition) is 6. The van der Waals surface area contributed by atoms with Crippen LogP contribution >= 0.6 is 11.8 Å². The second-order valence-corrected chi connectivity index (χ2v) is 7.12. The van der Waals surface area contributed by atoms with E-state index >= 15 is 0 Å². The Labute approximate surface area is 122 Å². The molecule has 1 saturated heterocycles. The van der Waals surface area contributed by atoms with E-state index in [9.17, 15) is 13.2 Å². The van der Waals surface area contributed by atoms with Gasteiger partial charge in [0.1, 0.15) is 5.75 Å². The summed E-state index contributed by atoms with van der Waals surface area (Å²) < 4.78 is 35.9. The molecule has 20 heavy (non-hydrogen) atoms. The molecule has 1 aliphatic rings. The van der Waals surface area contributed by atoms with Crippen molar-refractivity contribution in [2.45, 2.75) is 10.3 Å². The summed E-state index contributed by atoms with van der Waals surface area (Å²) in [6.07, 6.45) is 0. The van der Waals surface area contributed by atoms with Crippen molar-refractivity contribution in [3.05, 3.63) is 24.3 Å². The molecule has 8 heteroatoms. The summed E-state index contributed by atoms with van der Waals surface area (Å²) in [6.45, 7) is 0.290. The van der Waals surface area contributed by atoms with Gasteiger partial charge in [0.25, 0.3) is 0 Å². The smallest absolute Gasteiger partial charge is 0.334 e. The highest BCUT2D eigenvalue weighted by molar-refractivity contribution is 8.02. The highest BCUT2D eigenvalue weighted by Gasteiger charge is 2.40. The third kappa shape index (κ3) is 2.77. The number of ether oxygens (including phenoxy) is 2. The quantitative estimate of drug-likeness (QED) is 0.769. The summed E-state index contributed by atoms with van der Waals surface area (Å²) in [7, 11) is -0.955. The molecule has 6 nitrogen and oxygen atoms in total. The second-order valence-electron chi connectivity index (χ2n) is 4.04. The molecule has 1 atom stereocenters. The van der Waals surface area contributed by atoms with E-state index in [1.165, 1.54) is 42.4 Å². The maximum absolute atomic E-state index is 12.5. The third-order valence-electron chi connectivity index (χ3n) is 2.92. The van der Waals surface area contributed by atoms with Gasteiger partial charge in [-0.15, -0.1) is 11.8 Å². The number of benzene rings is 1. The number of carbonyl (C=O) groups excluding carboxylic acids is 1. The summed E-state index contributed by atoms with van der Waals surface area (Å²) in [5.41, 5.74) is 0. The van der Waals surface area contributed by atoms with Crippen LogP contribution in [0.2, 0.25) is 0 Å². The molecule has 0 spiro atoms. The standard InChI is InChI=1S/C12H15NO5S2/c1-17-9-3-5-10(6-4-9)20(15,16)13-7-8-19-11(13)12(14)18-2/h3-6,11H,7-8H2,1-2H3. The molecule has 1 aromatic rings. The van der Waals surface area contributed by atoms with E-state index in [0.717, 1.165) is 0 Å². The van der Waals surface area contributed by atoms with Crippen LogP contribution in [0.15, 0.2) is 29.2 Å². The first-order valence-corrected chi connectivity index (χ1v) is 8.35. The van der Waals surface area contributed by atoms with Crippen LogP contribution in [-0.4, -0.2) is 50.6 Å². The lowest BCUT2D eigenvalue weighted by molar-refractivity contribution is -0.141. The van der Waals surface area contributed by atoms with Crippen molar-refractivity contribution < 1.29 is 22.7 Å². The van der Waals surface area contributed by atoms with Crippen LogP contribution in [0.3, 0.4) is 0 Å². The van der Waals surface area contributed by atoms with Crippen molar-refractivity contribution in [2.24, 2.45) is 0 Å². The molecule has 1 unspecified atom stereocenters. The highest BCUT2D eigenvalue weighted by Crippen LogP contribution is 2.31. The summed E-state index contributed by atoms with van der Waals surface area (Å²) >= 11 is 1.26. The monoisotopic (exact) mass is 317 g/mol. The Kier molecular flexibility index (Phi) is 4.56. The minimum atomic E-state index is -3.71. The van der Waals surface area contributed by atoms with Gasteiger partial charge in [0, 0.05) is 12.3 Å². The van der Waals surface area contributed by atoms with Gasteiger partial charge >= 0.3 is 5.97 Å². The van der Waals surface area contributed by atoms with E-state index in [2.05, 4.69) is 4.74 Å². The summed E-state index contributed by atoms with van der Waals surface area (Å²) in [5, 5.41) is -0.813. The Bertz CT molecular complexity index is 584. The Balaban J connectivity index is 2.31. The Morgan fingerprint density at radius 1 is 1.30 bits per heavy atom. The number of thioether (sulfide) groups is 1. The van der Waals surface area contributed by atoms with Crippen molar-refractivity contribution in [1.82, 2.24) is 4.31 Å². The summed E-state index contributed by atoms with van der Waals surface area (Å²) in [6, 6.07) is 6.07. The largest absolute Gasteiger partial charge is 0.497 e. The SMILES string of the molecule is COC(=O)C1SCCN1S(=O)(=O)c1ccc(OC)cc1. The maximum Gasteiger partial charge on any atom is 0.334 e. The third-order valence-corrected chi connectivity index (χ3v) is 6.11. The molecule has 2 rings (SSSR count). The van der Waals surface area contributed by atoms with Crippen molar-refractivity contribution in [2.75, 3.05) is 26.5 Å². The zero-order valence-corrected chi connectivity index (χ0v) is 12.7. The van der Waals surface area contributed by atoms with Crippen LogP contribution < -0.4 is 4.74 Å². The highest BCUT2D eigenvalue weighted by atomic mass is 32.2. The molecule has 1 aliphatic heterocycles. The van der Waals surface area contributed by atoms with Crippen molar-refractivity contribution in [3.63, 3.8) is 0 Å². The van der Waals surface area contributed by atoms with Crippen molar-refractivity contribution in [3.8, 4) is 5.75 Å². The maximum atomic E-state index is 12.5. The van der Waals surface area contributed by atoms with Gasteiger partial charge in [-0.05, 0) is 24.3 Å². The van der Waals surface area contributed by atoms with Crippen LogP contribution in [0.25, 0.3) is 0 Å². The van der Waals surface area contributed by atoms with Gasteiger partial charge in [0.2, 0.25) is 10.0 Å². The molecule has 1 aromatic carbocycles. The molecule has 0 bridgehead atoms. The van der Waals surface area contributed by atoms with Gasteiger partial charge in [-0.25, -0.2) is 13.2 Å². The minimum absolute atomic E-state index is 0.134. The first-order valence-electron chi connectivity index (χ1n) is 5.86. The van der Waals surface area contributed by atoms with E-state index < -0.39 is 21.4 Å². The number of methoxy groups -OCH3 is 2. The number of carbonyl (C=O) groups is 1. The van der Waals surface area contributed by atoms with Crippen LogP contribution in [0.1, 0.15) is 0 Å². The van der Waals surface area contributed by atoms with E-state index in [1.807, 2.05) is 0 Å². The Hall–Kier alpha value is -1.25. The average Bonchev–Trinajstić information content (AvgIpc) is 2.96. The topological polar surface area (TPSA) is 72.9 Å². The molecule has 0 amide bonds. The molecule has 110 valence electrons. The zero-order chi connectivity index (χ0) is 14.8. The number of nitrogens with zero attached hydrogens (tertiary/aromatic N) is 1. The number of rotatable bonds is 4. The molecule has 0 radical (unpaired) electrons. The summed E-state index contributed by atoms with van der Waals surface area (Å²) in [5.74, 6) is 0.587. The fraction of sp³-hybridized carbons (Fsp3) is 0.417. The fourth-order valence-electron chi connectivity index (χ4n) is 1.87. The van der Waals surface area contributed by atoms with Crippen LogP contribution in [0.5, 0.6) is 5.75 Å². The van der Waals surface area contributed by atoms with Crippen molar-refractivity contribution in [1.29, 1.82) is 0 Å². The lowest BCUT2D eigenvalue weighted by Gasteiger charge is -2.21. The summed E-state index contributed by atoms with van der Waals surface area (Å²) in [4.78, 5) is 11.8. The van der Waals surface area contributed by atoms with Gasteiger partial charge in [-0.2, -0.15) is 4.31 Å². The molecule has 0 aromatic heterocycles. The van der Waals surface area contributed by atoms with E-state index in [0.29, 0.717) is 18.0 Å². The molecule has 1 heterocycles. The molecule has 0 saturated carbocycles. The first-order chi connectivity index (χ1) is 9.50. The number of sulfonamides is 1. The van der Waals surface area contributed by atoms with Gasteiger partial charge in [0.05, 0.1) is 19.1 Å². The van der Waals surface area contributed by atoms with Gasteiger partial charge in [-0.1, -0.05) is 0 Å². The predicted molar refractivity (Wildman–Crippen MR) is 75.1 cm³/mol. The van der Waals surface area contributed by atoms with E-state index in [1.54, 1.807) is 12.1 Å². The average molecular weight is 317 g/mol. The first kappa shape index (κ1) is 15.1. The predicted octanol–water partition coefficient (Wildman–Crippen LogP) is 0.932. The Morgan fingerprint density at radius 2 is 1.95 bits per heavy atom. The molecule has 1 fully saturated rings. The van der Waals surface area contributed by atoms with Crippen molar-refractivity contribution >= 4 is 27.8 Å². The van der Waals surface area contributed by atoms with Gasteiger partial charge < -0.3 is 9.47 Å². The molecule has 0 N–H and O–H groups in total. The van der Waals surface area contributed by atoms with E-state index in [-0.39, 0.29) is 4.90 Å². The molecular formula is C12H15NO5S2. The normalized spacial score (nSPS) is 19.8.